The second kappa shape index (κ2) is 6.59. The van der Waals surface area contributed by atoms with Crippen LogP contribution in [0.3, 0.4) is 0 Å². The van der Waals surface area contributed by atoms with Crippen LogP contribution in [0.4, 0.5) is 3.89 Å². The first-order valence-electron chi connectivity index (χ1n) is 6.49. The normalized spacial score (nSPS) is 18.5. The number of hydrogen-bond donors (Lipinski definition) is 0. The standard InChI is InChI=1S/C11H18FN3O4S/c1-18-7-4-10-13-11(19-14-10)8-9-2-5-15(6-3-9)20(12,16)17/h9H,2-8H2,1H3. The number of methoxy groups -OCH3 is 1. The number of hydrogen-bond acceptors (Lipinski definition) is 6. The predicted molar refractivity (Wildman–Crippen MR) is 67.9 cm³/mol. The molecule has 0 aliphatic carbocycles. The molecule has 114 valence electrons. The number of halogens is 1. The maximum absolute atomic E-state index is 12.8. The molecule has 0 bridgehead atoms. The molecule has 1 aromatic rings. The third-order valence-electron chi connectivity index (χ3n) is 3.39. The van der Waals surface area contributed by atoms with E-state index < -0.39 is 10.4 Å². The van der Waals surface area contributed by atoms with Crippen LogP contribution in [-0.4, -0.2) is 49.7 Å². The SMILES string of the molecule is COCCc1noc(CC2CCN(S(=O)(=O)F)CC2)n1. The monoisotopic (exact) mass is 307 g/mol. The number of aromatic nitrogens is 2. The molecule has 1 aliphatic rings. The summed E-state index contributed by atoms with van der Waals surface area (Å²) in [5.74, 6) is 1.38. The van der Waals surface area contributed by atoms with Gasteiger partial charge in [-0.25, -0.2) is 0 Å². The lowest BCUT2D eigenvalue weighted by atomic mass is 9.95. The van der Waals surface area contributed by atoms with Gasteiger partial charge in [-0.15, -0.1) is 0 Å². The highest BCUT2D eigenvalue weighted by Gasteiger charge is 2.28. The minimum Gasteiger partial charge on any atom is -0.384 e. The van der Waals surface area contributed by atoms with Gasteiger partial charge in [0.05, 0.1) is 6.61 Å². The zero-order chi connectivity index (χ0) is 14.6. The summed E-state index contributed by atoms with van der Waals surface area (Å²) >= 11 is 0. The molecule has 0 radical (unpaired) electrons. The molecule has 9 heteroatoms. The lowest BCUT2D eigenvalue weighted by molar-refractivity contribution is 0.199. The maximum atomic E-state index is 12.8. The van der Waals surface area contributed by atoms with Crippen LogP contribution in [0, 0.1) is 5.92 Å². The fourth-order valence-electron chi connectivity index (χ4n) is 2.25. The molecule has 2 heterocycles. The van der Waals surface area contributed by atoms with Crippen LogP contribution in [0.25, 0.3) is 0 Å². The molecular formula is C11H18FN3O4S. The van der Waals surface area contributed by atoms with E-state index in [1.54, 1.807) is 7.11 Å². The molecule has 1 aromatic heterocycles. The van der Waals surface area contributed by atoms with E-state index in [0.717, 1.165) is 4.31 Å². The van der Waals surface area contributed by atoms with E-state index in [9.17, 15) is 12.3 Å². The molecule has 0 saturated carbocycles. The Hall–Kier alpha value is -1.06. The van der Waals surface area contributed by atoms with E-state index in [0.29, 0.717) is 44.0 Å². The lowest BCUT2D eigenvalue weighted by Crippen LogP contribution is -2.36. The molecule has 20 heavy (non-hydrogen) atoms. The number of ether oxygens (including phenoxy) is 1. The molecule has 1 fully saturated rings. The van der Waals surface area contributed by atoms with Gasteiger partial charge in [0.2, 0.25) is 5.89 Å². The van der Waals surface area contributed by atoms with Gasteiger partial charge in [-0.2, -0.15) is 17.7 Å². The second-order valence-corrected chi connectivity index (χ2v) is 6.18. The van der Waals surface area contributed by atoms with Gasteiger partial charge in [0.1, 0.15) is 0 Å². The first kappa shape index (κ1) is 15.3. The van der Waals surface area contributed by atoms with Crippen LogP contribution in [-0.2, 0) is 28.0 Å². The van der Waals surface area contributed by atoms with Gasteiger partial charge in [0.15, 0.2) is 5.82 Å². The Kier molecular flexibility index (Phi) is 5.06. The molecule has 1 aliphatic heterocycles. The van der Waals surface area contributed by atoms with Gasteiger partial charge in [-0.1, -0.05) is 9.04 Å². The summed E-state index contributed by atoms with van der Waals surface area (Å²) in [6.45, 7) is 0.939. The zero-order valence-corrected chi connectivity index (χ0v) is 12.1. The van der Waals surface area contributed by atoms with E-state index in [-0.39, 0.29) is 19.0 Å². The molecule has 7 nitrogen and oxygen atoms in total. The first-order chi connectivity index (χ1) is 9.49. The zero-order valence-electron chi connectivity index (χ0n) is 11.3. The van der Waals surface area contributed by atoms with E-state index in [2.05, 4.69) is 10.1 Å². The average Bonchev–Trinajstić information content (AvgIpc) is 2.83. The summed E-state index contributed by atoms with van der Waals surface area (Å²) < 4.78 is 45.2. The van der Waals surface area contributed by atoms with Gasteiger partial charge in [0.25, 0.3) is 0 Å². The third kappa shape index (κ3) is 4.22. The second-order valence-electron chi connectivity index (χ2n) is 4.84. The summed E-state index contributed by atoms with van der Waals surface area (Å²) in [7, 11) is -2.96. The minimum atomic E-state index is -4.56. The average molecular weight is 307 g/mol. The van der Waals surface area contributed by atoms with Crippen LogP contribution in [0.15, 0.2) is 4.52 Å². The molecule has 0 N–H and O–H groups in total. The Bertz CT molecular complexity index is 526. The summed E-state index contributed by atoms with van der Waals surface area (Å²) in [6.07, 6.45) is 2.39. The summed E-state index contributed by atoms with van der Waals surface area (Å²) in [5.41, 5.74) is 0. The van der Waals surface area contributed by atoms with Crippen LogP contribution in [0.1, 0.15) is 24.6 Å². The van der Waals surface area contributed by atoms with Crippen LogP contribution in [0.5, 0.6) is 0 Å². The van der Waals surface area contributed by atoms with Crippen molar-refractivity contribution in [1.29, 1.82) is 0 Å². The summed E-state index contributed by atoms with van der Waals surface area (Å²) in [6, 6.07) is 0. The topological polar surface area (TPSA) is 85.5 Å². The van der Waals surface area contributed by atoms with E-state index in [1.807, 2.05) is 0 Å². The molecule has 2 rings (SSSR count). The molecule has 0 aromatic carbocycles. The molecule has 0 atom stereocenters. The van der Waals surface area contributed by atoms with Gasteiger partial charge >= 0.3 is 10.4 Å². The smallest absolute Gasteiger partial charge is 0.374 e. The number of nitrogens with zero attached hydrogens (tertiary/aromatic N) is 3. The van der Waals surface area contributed by atoms with Crippen molar-refractivity contribution in [2.45, 2.75) is 25.7 Å². The van der Waals surface area contributed by atoms with Crippen molar-refractivity contribution in [3.8, 4) is 0 Å². The van der Waals surface area contributed by atoms with Crippen LogP contribution >= 0.6 is 0 Å². The first-order valence-corrected chi connectivity index (χ1v) is 7.83. The van der Waals surface area contributed by atoms with Gasteiger partial charge in [0, 0.05) is 33.0 Å². The van der Waals surface area contributed by atoms with Gasteiger partial charge in [-0.05, 0) is 18.8 Å². The third-order valence-corrected chi connectivity index (χ3v) is 4.37. The Morgan fingerprint density at radius 3 is 2.75 bits per heavy atom. The van der Waals surface area contributed by atoms with Crippen molar-refractivity contribution in [1.82, 2.24) is 14.4 Å². The molecule has 0 unspecified atom stereocenters. The quantitative estimate of drug-likeness (QED) is 0.720. The highest BCUT2D eigenvalue weighted by Crippen LogP contribution is 2.23. The highest BCUT2D eigenvalue weighted by atomic mass is 32.3. The fraction of sp³-hybridized carbons (Fsp3) is 0.818. The Labute approximate surface area is 117 Å². The Morgan fingerprint density at radius 1 is 1.45 bits per heavy atom. The van der Waals surface area contributed by atoms with Crippen molar-refractivity contribution in [2.75, 3.05) is 26.8 Å². The Balaban J connectivity index is 1.82. The highest BCUT2D eigenvalue weighted by molar-refractivity contribution is 7.83. The molecule has 1 saturated heterocycles. The van der Waals surface area contributed by atoms with E-state index in [1.165, 1.54) is 0 Å². The van der Waals surface area contributed by atoms with Gasteiger partial charge < -0.3 is 9.26 Å². The predicted octanol–water partition coefficient (Wildman–Crippen LogP) is 0.727. The fourth-order valence-corrected chi connectivity index (χ4v) is 2.89. The van der Waals surface area contributed by atoms with Crippen LogP contribution in [0.2, 0.25) is 0 Å². The largest absolute Gasteiger partial charge is 0.384 e. The molecular weight excluding hydrogens is 289 g/mol. The van der Waals surface area contributed by atoms with Crippen molar-refractivity contribution in [3.63, 3.8) is 0 Å². The Morgan fingerprint density at radius 2 is 2.15 bits per heavy atom. The van der Waals surface area contributed by atoms with Crippen LogP contribution < -0.4 is 0 Å². The molecule has 0 amide bonds. The van der Waals surface area contributed by atoms with Crippen molar-refractivity contribution in [2.24, 2.45) is 5.92 Å². The summed E-state index contributed by atoms with van der Waals surface area (Å²) in [5, 5.41) is 3.84. The van der Waals surface area contributed by atoms with E-state index in [4.69, 9.17) is 9.26 Å². The summed E-state index contributed by atoms with van der Waals surface area (Å²) in [4.78, 5) is 4.25. The van der Waals surface area contributed by atoms with Gasteiger partial charge in [-0.3, -0.25) is 0 Å². The lowest BCUT2D eigenvalue weighted by Gasteiger charge is -2.27. The van der Waals surface area contributed by atoms with E-state index >= 15 is 0 Å². The van der Waals surface area contributed by atoms with Crippen molar-refractivity contribution in [3.05, 3.63) is 11.7 Å². The number of piperidine rings is 1. The minimum absolute atomic E-state index is 0.203. The molecule has 0 spiro atoms. The maximum Gasteiger partial charge on any atom is 0.374 e. The van der Waals surface area contributed by atoms with Crippen molar-refractivity contribution < 1.29 is 21.6 Å². The van der Waals surface area contributed by atoms with Crippen molar-refractivity contribution >= 4 is 10.4 Å². The number of rotatable bonds is 6.